The van der Waals surface area contributed by atoms with E-state index in [0.717, 1.165) is 48.3 Å². The molecule has 2 aromatic rings. The standard InChI is InChI=1S/C26H28N2O4/c1-18-16-26(10-13-27(14-11-26)19(2)29)32-24-15-21(7-8-22(18)24)31-17-25(30)28-12-9-20-5-3-4-6-23(20)28/h3-8,15H,1,9-14,16-17H2,2H3. The maximum atomic E-state index is 12.8. The van der Waals surface area contributed by atoms with Crippen molar-refractivity contribution in [2.75, 3.05) is 31.1 Å². The van der Waals surface area contributed by atoms with E-state index >= 15 is 0 Å². The summed E-state index contributed by atoms with van der Waals surface area (Å²) in [5, 5.41) is 0. The molecule has 1 saturated heterocycles. The van der Waals surface area contributed by atoms with Crippen LogP contribution in [0.5, 0.6) is 11.5 Å². The summed E-state index contributed by atoms with van der Waals surface area (Å²) >= 11 is 0. The lowest BCUT2D eigenvalue weighted by Gasteiger charge is -2.45. The summed E-state index contributed by atoms with van der Waals surface area (Å²) < 4.78 is 12.3. The quantitative estimate of drug-likeness (QED) is 0.740. The van der Waals surface area contributed by atoms with Crippen molar-refractivity contribution in [3.05, 3.63) is 60.2 Å². The Bertz CT molecular complexity index is 1080. The highest BCUT2D eigenvalue weighted by Gasteiger charge is 2.41. The Balaban J connectivity index is 1.27. The van der Waals surface area contributed by atoms with Gasteiger partial charge in [-0.1, -0.05) is 24.8 Å². The minimum atomic E-state index is -0.330. The molecule has 3 heterocycles. The number of carbonyl (C=O) groups is 2. The molecule has 3 aliphatic heterocycles. The first-order chi connectivity index (χ1) is 15.4. The van der Waals surface area contributed by atoms with E-state index < -0.39 is 0 Å². The first-order valence-electron chi connectivity index (χ1n) is 11.2. The molecular formula is C26H28N2O4. The molecule has 0 atom stereocenters. The molecule has 2 aromatic carbocycles. The molecule has 166 valence electrons. The molecule has 0 radical (unpaired) electrons. The highest BCUT2D eigenvalue weighted by molar-refractivity contribution is 5.96. The zero-order valence-electron chi connectivity index (χ0n) is 18.4. The molecule has 2 amide bonds. The molecule has 1 spiro atoms. The maximum absolute atomic E-state index is 12.8. The summed E-state index contributed by atoms with van der Waals surface area (Å²) in [6, 6.07) is 13.7. The molecule has 32 heavy (non-hydrogen) atoms. The third-order valence-corrected chi connectivity index (χ3v) is 6.87. The van der Waals surface area contributed by atoms with E-state index in [-0.39, 0.29) is 24.0 Å². The number of amides is 2. The average Bonchev–Trinajstić information content (AvgIpc) is 3.22. The average molecular weight is 433 g/mol. The largest absolute Gasteiger partial charge is 0.486 e. The Morgan fingerprint density at radius 1 is 1.12 bits per heavy atom. The number of hydrogen-bond acceptors (Lipinski definition) is 4. The fourth-order valence-electron chi connectivity index (χ4n) is 5.05. The third-order valence-electron chi connectivity index (χ3n) is 6.87. The molecule has 0 aromatic heterocycles. The van der Waals surface area contributed by atoms with Crippen molar-refractivity contribution in [2.45, 2.75) is 38.2 Å². The van der Waals surface area contributed by atoms with E-state index in [4.69, 9.17) is 9.47 Å². The van der Waals surface area contributed by atoms with Crippen LogP contribution in [0.2, 0.25) is 0 Å². The Kier molecular flexibility index (Phi) is 5.16. The van der Waals surface area contributed by atoms with Gasteiger partial charge < -0.3 is 19.3 Å². The van der Waals surface area contributed by atoms with E-state index in [0.29, 0.717) is 25.4 Å². The number of anilines is 1. The van der Waals surface area contributed by atoms with Crippen LogP contribution in [-0.4, -0.2) is 48.6 Å². The van der Waals surface area contributed by atoms with E-state index in [1.807, 2.05) is 41.3 Å². The smallest absolute Gasteiger partial charge is 0.264 e. The Hall–Kier alpha value is -3.28. The van der Waals surface area contributed by atoms with Crippen LogP contribution in [0, 0.1) is 0 Å². The minimum Gasteiger partial charge on any atom is -0.486 e. The number of carbonyl (C=O) groups excluding carboxylic acids is 2. The highest BCUT2D eigenvalue weighted by Crippen LogP contribution is 2.45. The van der Waals surface area contributed by atoms with Crippen molar-refractivity contribution >= 4 is 23.1 Å². The predicted octanol–water partition coefficient (Wildman–Crippen LogP) is 3.83. The van der Waals surface area contributed by atoms with Crippen LogP contribution in [0.15, 0.2) is 49.0 Å². The molecule has 0 aliphatic carbocycles. The van der Waals surface area contributed by atoms with Crippen LogP contribution in [0.1, 0.15) is 37.3 Å². The summed E-state index contributed by atoms with van der Waals surface area (Å²) in [7, 11) is 0. The van der Waals surface area contributed by atoms with Crippen molar-refractivity contribution in [1.82, 2.24) is 4.90 Å². The van der Waals surface area contributed by atoms with E-state index in [9.17, 15) is 9.59 Å². The van der Waals surface area contributed by atoms with Crippen LogP contribution >= 0.6 is 0 Å². The van der Waals surface area contributed by atoms with E-state index in [1.165, 1.54) is 5.56 Å². The second-order valence-electron chi connectivity index (χ2n) is 8.94. The second kappa shape index (κ2) is 8.01. The van der Waals surface area contributed by atoms with Crippen molar-refractivity contribution < 1.29 is 19.1 Å². The van der Waals surface area contributed by atoms with Gasteiger partial charge in [0.05, 0.1) is 0 Å². The lowest BCUT2D eigenvalue weighted by Crippen LogP contribution is -2.50. The van der Waals surface area contributed by atoms with Crippen LogP contribution in [0.3, 0.4) is 0 Å². The molecule has 1 fully saturated rings. The van der Waals surface area contributed by atoms with Crippen LogP contribution in [-0.2, 0) is 16.0 Å². The van der Waals surface area contributed by atoms with E-state index in [1.54, 1.807) is 11.8 Å². The van der Waals surface area contributed by atoms with Crippen molar-refractivity contribution in [2.24, 2.45) is 0 Å². The summed E-state index contributed by atoms with van der Waals surface area (Å²) in [5.74, 6) is 1.41. The van der Waals surface area contributed by atoms with Crippen molar-refractivity contribution in [1.29, 1.82) is 0 Å². The van der Waals surface area contributed by atoms with Crippen LogP contribution in [0.4, 0.5) is 5.69 Å². The van der Waals surface area contributed by atoms with Gasteiger partial charge in [0, 0.05) is 63.1 Å². The number of para-hydroxylation sites is 1. The summed E-state index contributed by atoms with van der Waals surface area (Å²) in [6.45, 7) is 7.94. The molecule has 0 unspecified atom stereocenters. The number of piperidine rings is 1. The third kappa shape index (κ3) is 3.74. The molecule has 0 bridgehead atoms. The topological polar surface area (TPSA) is 59.1 Å². The fraction of sp³-hybridized carbons (Fsp3) is 0.385. The predicted molar refractivity (Wildman–Crippen MR) is 123 cm³/mol. The first kappa shape index (κ1) is 20.6. The molecule has 3 aliphatic rings. The summed E-state index contributed by atoms with van der Waals surface area (Å²) in [4.78, 5) is 28.1. The van der Waals surface area contributed by atoms with Gasteiger partial charge in [-0.05, 0) is 35.8 Å². The van der Waals surface area contributed by atoms with E-state index in [2.05, 4.69) is 12.6 Å². The van der Waals surface area contributed by atoms with Gasteiger partial charge >= 0.3 is 0 Å². The van der Waals surface area contributed by atoms with Gasteiger partial charge in [-0.15, -0.1) is 0 Å². The normalized spacial score (nSPS) is 18.7. The Labute approximate surface area is 188 Å². The summed E-state index contributed by atoms with van der Waals surface area (Å²) in [6.07, 6.45) is 3.20. The summed E-state index contributed by atoms with van der Waals surface area (Å²) in [5.41, 5.74) is 3.87. The monoisotopic (exact) mass is 432 g/mol. The van der Waals surface area contributed by atoms with Gasteiger partial charge in [0.15, 0.2) is 6.61 Å². The second-order valence-corrected chi connectivity index (χ2v) is 8.94. The van der Waals surface area contributed by atoms with Gasteiger partial charge in [0.25, 0.3) is 5.91 Å². The van der Waals surface area contributed by atoms with Gasteiger partial charge in [-0.25, -0.2) is 0 Å². The first-order valence-corrected chi connectivity index (χ1v) is 11.2. The Morgan fingerprint density at radius 2 is 1.91 bits per heavy atom. The van der Waals surface area contributed by atoms with Crippen molar-refractivity contribution in [3.63, 3.8) is 0 Å². The molecule has 6 nitrogen and oxygen atoms in total. The number of fused-ring (bicyclic) bond motifs is 2. The number of nitrogens with zero attached hydrogens (tertiary/aromatic N) is 2. The molecule has 0 saturated carbocycles. The minimum absolute atomic E-state index is 0.0210. The van der Waals surface area contributed by atoms with Crippen LogP contribution in [0.25, 0.3) is 5.57 Å². The SMILES string of the molecule is C=C1CC2(CCN(C(C)=O)CC2)Oc2cc(OCC(=O)N3CCc4ccccc43)ccc21. The van der Waals surface area contributed by atoms with Crippen LogP contribution < -0.4 is 14.4 Å². The highest BCUT2D eigenvalue weighted by atomic mass is 16.5. The fourth-order valence-corrected chi connectivity index (χ4v) is 5.05. The molecular weight excluding hydrogens is 404 g/mol. The number of hydrogen-bond donors (Lipinski definition) is 0. The Morgan fingerprint density at radius 3 is 2.69 bits per heavy atom. The lowest BCUT2D eigenvalue weighted by atomic mass is 9.81. The maximum Gasteiger partial charge on any atom is 0.264 e. The van der Waals surface area contributed by atoms with Gasteiger partial charge in [-0.3, -0.25) is 9.59 Å². The number of ether oxygens (including phenoxy) is 2. The van der Waals surface area contributed by atoms with Gasteiger partial charge in [-0.2, -0.15) is 0 Å². The zero-order valence-corrected chi connectivity index (χ0v) is 18.4. The zero-order chi connectivity index (χ0) is 22.3. The van der Waals surface area contributed by atoms with Crippen molar-refractivity contribution in [3.8, 4) is 11.5 Å². The molecule has 5 rings (SSSR count). The lowest BCUT2D eigenvalue weighted by molar-refractivity contribution is -0.132. The van der Waals surface area contributed by atoms with Gasteiger partial charge in [0.1, 0.15) is 17.1 Å². The number of likely N-dealkylation sites (tertiary alicyclic amines) is 1. The molecule has 6 heteroatoms. The van der Waals surface area contributed by atoms with Gasteiger partial charge in [0.2, 0.25) is 5.91 Å². The number of benzene rings is 2. The number of rotatable bonds is 3. The molecule has 0 N–H and O–H groups in total.